The van der Waals surface area contributed by atoms with E-state index in [0.717, 1.165) is 23.0 Å². The van der Waals surface area contributed by atoms with Crippen LogP contribution in [0.15, 0.2) is 64.8 Å². The molecule has 0 aliphatic carbocycles. The highest BCUT2D eigenvalue weighted by Gasteiger charge is 2.40. The van der Waals surface area contributed by atoms with Crippen LogP contribution in [0.4, 0.5) is 11.4 Å². The lowest BCUT2D eigenvalue weighted by molar-refractivity contribution is -0.121. The number of hydrogen-bond donors (Lipinski definition) is 1. The van der Waals surface area contributed by atoms with E-state index in [-0.39, 0.29) is 23.4 Å². The van der Waals surface area contributed by atoms with Crippen molar-refractivity contribution in [3.05, 3.63) is 60.2 Å². The van der Waals surface area contributed by atoms with Crippen LogP contribution in [0.5, 0.6) is 5.75 Å². The standard InChI is InChI=1S/C24H27N5O3S/c1-16(5-6-17-7-9-18(10-8-17)28(2)3)26-27-24(25)33-21-15-22(30)29(23(21)31)19-11-13-20(32-4)14-12-19/h5-14,21H,15H2,1-4H3,(H2,25,27)/b6-5+,26-16+. The zero-order valence-electron chi connectivity index (χ0n) is 19.1. The second kappa shape index (κ2) is 10.8. The smallest absolute Gasteiger partial charge is 0.247 e. The van der Waals surface area contributed by atoms with Crippen molar-refractivity contribution in [3.63, 3.8) is 0 Å². The zero-order chi connectivity index (χ0) is 24.0. The van der Waals surface area contributed by atoms with E-state index in [4.69, 9.17) is 10.5 Å². The van der Waals surface area contributed by atoms with Crippen molar-refractivity contribution in [2.24, 2.45) is 15.9 Å². The summed E-state index contributed by atoms with van der Waals surface area (Å²) in [5.41, 5.74) is 9.28. The molecule has 0 radical (unpaired) electrons. The predicted octanol–water partition coefficient (Wildman–Crippen LogP) is 3.53. The van der Waals surface area contributed by atoms with E-state index in [1.807, 2.05) is 62.3 Å². The number of thioether (sulfide) groups is 1. The van der Waals surface area contributed by atoms with Gasteiger partial charge in [-0.05, 0) is 55.0 Å². The molecule has 2 amide bonds. The second-order valence-corrected chi connectivity index (χ2v) is 8.80. The Labute approximate surface area is 197 Å². The number of ether oxygens (including phenoxy) is 1. The fourth-order valence-corrected chi connectivity index (χ4v) is 3.94. The number of amides is 2. The van der Waals surface area contributed by atoms with Gasteiger partial charge in [-0.1, -0.05) is 30.0 Å². The first-order valence-electron chi connectivity index (χ1n) is 10.3. The van der Waals surface area contributed by atoms with Gasteiger partial charge in [-0.15, -0.1) is 5.10 Å². The molecule has 172 valence electrons. The molecule has 3 rings (SSSR count). The van der Waals surface area contributed by atoms with Gasteiger partial charge < -0.3 is 15.4 Å². The SMILES string of the molecule is COc1ccc(N2C(=O)CC(S/C(N)=N/N=C(C)/C=C/c3ccc(N(C)C)cc3)C2=O)cc1. The van der Waals surface area contributed by atoms with Gasteiger partial charge in [-0.3, -0.25) is 9.59 Å². The Kier molecular flexibility index (Phi) is 7.89. The van der Waals surface area contributed by atoms with Crippen molar-refractivity contribution in [2.75, 3.05) is 31.0 Å². The van der Waals surface area contributed by atoms with Crippen molar-refractivity contribution in [1.82, 2.24) is 0 Å². The van der Waals surface area contributed by atoms with Gasteiger partial charge in [-0.2, -0.15) is 5.10 Å². The van der Waals surface area contributed by atoms with Crippen molar-refractivity contribution in [1.29, 1.82) is 0 Å². The summed E-state index contributed by atoms with van der Waals surface area (Å²) < 4.78 is 5.12. The van der Waals surface area contributed by atoms with E-state index in [0.29, 0.717) is 17.1 Å². The first kappa shape index (κ1) is 24.1. The molecule has 1 aliphatic rings. The van der Waals surface area contributed by atoms with Gasteiger partial charge in [0.25, 0.3) is 0 Å². The second-order valence-electron chi connectivity index (χ2n) is 7.57. The van der Waals surface area contributed by atoms with Crippen LogP contribution in [0.2, 0.25) is 0 Å². The molecule has 2 aromatic rings. The summed E-state index contributed by atoms with van der Waals surface area (Å²) in [6.07, 6.45) is 3.82. The highest BCUT2D eigenvalue weighted by molar-refractivity contribution is 8.14. The Morgan fingerprint density at radius 1 is 1.12 bits per heavy atom. The van der Waals surface area contributed by atoms with E-state index in [9.17, 15) is 9.59 Å². The first-order valence-corrected chi connectivity index (χ1v) is 11.2. The monoisotopic (exact) mass is 465 g/mol. The van der Waals surface area contributed by atoms with Crippen molar-refractivity contribution < 1.29 is 14.3 Å². The molecule has 0 spiro atoms. The topological polar surface area (TPSA) is 101 Å². The third kappa shape index (κ3) is 6.23. The molecule has 2 aromatic carbocycles. The summed E-state index contributed by atoms with van der Waals surface area (Å²) >= 11 is 1.04. The molecule has 1 heterocycles. The number of allylic oxidation sites excluding steroid dienone is 1. The van der Waals surface area contributed by atoms with Gasteiger partial charge in [0, 0.05) is 26.2 Å². The fraction of sp³-hybridized carbons (Fsp3) is 0.250. The van der Waals surface area contributed by atoms with Crippen LogP contribution < -0.4 is 20.3 Å². The number of rotatable bonds is 7. The third-order valence-electron chi connectivity index (χ3n) is 4.93. The number of carbonyl (C=O) groups excluding carboxylic acids is 2. The zero-order valence-corrected chi connectivity index (χ0v) is 19.9. The minimum atomic E-state index is -0.635. The molecular weight excluding hydrogens is 438 g/mol. The highest BCUT2D eigenvalue weighted by Crippen LogP contribution is 2.30. The molecule has 1 unspecified atom stereocenters. The fourth-order valence-electron chi connectivity index (χ4n) is 3.13. The number of imide groups is 1. The number of benzene rings is 2. The first-order chi connectivity index (χ1) is 15.8. The quantitative estimate of drug-likeness (QED) is 0.291. The van der Waals surface area contributed by atoms with Crippen LogP contribution in [-0.4, -0.2) is 49.1 Å². The molecule has 1 fully saturated rings. The Morgan fingerprint density at radius 3 is 2.39 bits per heavy atom. The van der Waals surface area contributed by atoms with Crippen molar-refractivity contribution >= 4 is 51.9 Å². The number of hydrogen-bond acceptors (Lipinski definition) is 7. The normalized spacial score (nSPS) is 17.2. The van der Waals surface area contributed by atoms with Crippen molar-refractivity contribution in [2.45, 2.75) is 18.6 Å². The molecule has 1 saturated heterocycles. The van der Waals surface area contributed by atoms with Gasteiger partial charge >= 0.3 is 0 Å². The summed E-state index contributed by atoms with van der Waals surface area (Å²) in [4.78, 5) is 28.4. The number of anilines is 2. The molecule has 9 heteroatoms. The molecule has 1 atom stereocenters. The molecular formula is C24H27N5O3S. The van der Waals surface area contributed by atoms with E-state index in [2.05, 4.69) is 10.2 Å². The molecule has 0 saturated carbocycles. The summed E-state index contributed by atoms with van der Waals surface area (Å²) in [7, 11) is 5.54. The van der Waals surface area contributed by atoms with Crippen LogP contribution in [0.25, 0.3) is 6.08 Å². The molecule has 33 heavy (non-hydrogen) atoms. The molecule has 0 aromatic heterocycles. The lowest BCUT2D eigenvalue weighted by Gasteiger charge is -2.15. The van der Waals surface area contributed by atoms with Crippen LogP contribution in [0.1, 0.15) is 18.9 Å². The Bertz CT molecular complexity index is 1090. The van der Waals surface area contributed by atoms with Crippen LogP contribution in [-0.2, 0) is 9.59 Å². The predicted molar refractivity (Wildman–Crippen MR) is 136 cm³/mol. The maximum absolute atomic E-state index is 12.8. The average Bonchev–Trinajstić information content (AvgIpc) is 3.09. The van der Waals surface area contributed by atoms with E-state index >= 15 is 0 Å². The number of nitrogens with two attached hydrogens (primary N) is 1. The summed E-state index contributed by atoms with van der Waals surface area (Å²) in [6, 6.07) is 14.9. The van der Waals surface area contributed by atoms with Gasteiger partial charge in [0.1, 0.15) is 11.0 Å². The largest absolute Gasteiger partial charge is 0.497 e. The maximum atomic E-state index is 12.8. The lowest BCUT2D eigenvalue weighted by atomic mass is 10.2. The number of carbonyl (C=O) groups is 2. The van der Waals surface area contributed by atoms with E-state index in [1.54, 1.807) is 31.4 Å². The molecule has 2 N–H and O–H groups in total. The summed E-state index contributed by atoms with van der Waals surface area (Å²) in [6.45, 7) is 1.81. The number of amidine groups is 1. The van der Waals surface area contributed by atoms with Gasteiger partial charge in [-0.25, -0.2) is 4.90 Å². The highest BCUT2D eigenvalue weighted by atomic mass is 32.2. The van der Waals surface area contributed by atoms with Crippen LogP contribution in [0, 0.1) is 0 Å². The number of methoxy groups -OCH3 is 1. The van der Waals surface area contributed by atoms with E-state index < -0.39 is 5.25 Å². The molecule has 8 nitrogen and oxygen atoms in total. The maximum Gasteiger partial charge on any atom is 0.247 e. The minimum Gasteiger partial charge on any atom is -0.497 e. The van der Waals surface area contributed by atoms with Gasteiger partial charge in [0.05, 0.1) is 18.5 Å². The number of nitrogens with zero attached hydrogens (tertiary/aromatic N) is 4. The average molecular weight is 466 g/mol. The Balaban J connectivity index is 1.60. The Hall–Kier alpha value is -3.59. The van der Waals surface area contributed by atoms with Crippen LogP contribution in [0.3, 0.4) is 0 Å². The molecule has 1 aliphatic heterocycles. The van der Waals surface area contributed by atoms with E-state index in [1.165, 1.54) is 4.90 Å². The Morgan fingerprint density at radius 2 is 1.79 bits per heavy atom. The van der Waals surface area contributed by atoms with Gasteiger partial charge in [0.15, 0.2) is 5.17 Å². The third-order valence-corrected chi connectivity index (χ3v) is 5.91. The summed E-state index contributed by atoms with van der Waals surface area (Å²) in [5, 5.41) is 7.60. The summed E-state index contributed by atoms with van der Waals surface area (Å²) in [5.74, 6) is 0.0430. The minimum absolute atomic E-state index is 0.0529. The van der Waals surface area contributed by atoms with Crippen molar-refractivity contribution in [3.8, 4) is 5.75 Å². The van der Waals surface area contributed by atoms with Gasteiger partial charge in [0.2, 0.25) is 11.8 Å². The molecule has 0 bridgehead atoms. The lowest BCUT2D eigenvalue weighted by Crippen LogP contribution is -2.31. The van der Waals surface area contributed by atoms with Crippen LogP contribution >= 0.6 is 11.8 Å².